The number of benzene rings is 1. The van der Waals surface area contributed by atoms with Gasteiger partial charge < -0.3 is 9.88 Å². The van der Waals surface area contributed by atoms with Gasteiger partial charge in [0.15, 0.2) is 11.6 Å². The van der Waals surface area contributed by atoms with E-state index in [4.69, 9.17) is 0 Å². The first-order valence-electron chi connectivity index (χ1n) is 12.2. The average molecular weight is 532 g/mol. The zero-order chi connectivity index (χ0) is 27.2. The molecule has 0 aliphatic carbocycles. The first-order chi connectivity index (χ1) is 18.0. The number of nitrogens with one attached hydrogen (secondary N) is 1. The van der Waals surface area contributed by atoms with E-state index in [1.54, 1.807) is 30.0 Å². The molecule has 0 saturated carbocycles. The molecule has 0 amide bonds. The Hall–Kier alpha value is -3.67. The normalized spacial score (nSPS) is 14.3. The summed E-state index contributed by atoms with van der Waals surface area (Å²) in [7, 11) is 0. The number of anilines is 2. The molecule has 12 heteroatoms. The van der Waals surface area contributed by atoms with E-state index in [-0.39, 0.29) is 35.3 Å². The minimum Gasteiger partial charge on any atom is -0.326 e. The Morgan fingerprint density at radius 1 is 1.05 bits per heavy atom. The highest BCUT2D eigenvalue weighted by Crippen LogP contribution is 2.31. The molecule has 5 rings (SSSR count). The van der Waals surface area contributed by atoms with Crippen LogP contribution < -0.4 is 5.32 Å². The first kappa shape index (κ1) is 26.0. The van der Waals surface area contributed by atoms with Gasteiger partial charge in [0.2, 0.25) is 5.95 Å². The molecule has 0 fully saturated rings. The van der Waals surface area contributed by atoms with Crippen molar-refractivity contribution in [1.82, 2.24) is 29.4 Å². The molecular weight excluding hydrogens is 505 g/mol. The van der Waals surface area contributed by atoms with Crippen molar-refractivity contribution < 1.29 is 22.0 Å². The molecule has 200 valence electrons. The van der Waals surface area contributed by atoms with Crippen LogP contribution in [0.4, 0.5) is 33.7 Å². The zero-order valence-corrected chi connectivity index (χ0v) is 21.1. The Bertz CT molecular complexity index is 1500. The van der Waals surface area contributed by atoms with Gasteiger partial charge in [-0.05, 0) is 44.5 Å². The standard InChI is InChI=1S/C26H26F5N7/c1-14(2)38-15(3)33-24-18(27)10-17(11-21(24)38)23-19(28)12-32-25(36-23)35-22-5-4-16-13-37(8-6-20(16)34-22)9-7-26(29,30)31/h4-5,10-12,14H,6-9,13H2,1-3H3,(H,32,34,35,36). The summed E-state index contributed by atoms with van der Waals surface area (Å²) in [5.74, 6) is -0.142. The van der Waals surface area contributed by atoms with Crippen molar-refractivity contribution in [2.24, 2.45) is 0 Å². The molecule has 0 saturated heterocycles. The zero-order valence-electron chi connectivity index (χ0n) is 21.1. The molecule has 0 radical (unpaired) electrons. The average Bonchev–Trinajstić information content (AvgIpc) is 3.20. The lowest BCUT2D eigenvalue weighted by Gasteiger charge is -2.28. The van der Waals surface area contributed by atoms with E-state index in [9.17, 15) is 22.0 Å². The van der Waals surface area contributed by atoms with E-state index >= 15 is 0 Å². The molecule has 3 aromatic heterocycles. The molecule has 1 aliphatic heterocycles. The Morgan fingerprint density at radius 2 is 1.84 bits per heavy atom. The number of nitrogens with zero attached hydrogens (tertiary/aromatic N) is 6. The van der Waals surface area contributed by atoms with Crippen LogP contribution >= 0.6 is 0 Å². The monoisotopic (exact) mass is 531 g/mol. The Morgan fingerprint density at radius 3 is 2.58 bits per heavy atom. The fourth-order valence-electron chi connectivity index (χ4n) is 4.82. The van der Waals surface area contributed by atoms with Crippen LogP contribution in [0, 0.1) is 18.6 Å². The van der Waals surface area contributed by atoms with Gasteiger partial charge in [-0.3, -0.25) is 4.90 Å². The van der Waals surface area contributed by atoms with E-state index in [0.717, 1.165) is 17.5 Å². The fourth-order valence-corrected chi connectivity index (χ4v) is 4.82. The summed E-state index contributed by atoms with van der Waals surface area (Å²) >= 11 is 0. The number of pyridine rings is 1. The van der Waals surface area contributed by atoms with Gasteiger partial charge in [0.05, 0.1) is 18.1 Å². The summed E-state index contributed by atoms with van der Waals surface area (Å²) in [5.41, 5.74) is 2.55. The third-order valence-corrected chi connectivity index (χ3v) is 6.54. The largest absolute Gasteiger partial charge is 0.390 e. The van der Waals surface area contributed by atoms with Crippen LogP contribution in [0.15, 0.2) is 30.5 Å². The lowest BCUT2D eigenvalue weighted by Crippen LogP contribution is -2.33. The van der Waals surface area contributed by atoms with Gasteiger partial charge >= 0.3 is 6.18 Å². The lowest BCUT2D eigenvalue weighted by molar-refractivity contribution is -0.138. The van der Waals surface area contributed by atoms with Crippen LogP contribution in [0.2, 0.25) is 0 Å². The van der Waals surface area contributed by atoms with Crippen molar-refractivity contribution in [2.45, 2.75) is 52.4 Å². The number of hydrogen-bond donors (Lipinski definition) is 1. The third-order valence-electron chi connectivity index (χ3n) is 6.54. The van der Waals surface area contributed by atoms with Crippen LogP contribution in [0.3, 0.4) is 0 Å². The number of rotatable bonds is 6. The van der Waals surface area contributed by atoms with Gasteiger partial charge in [0.1, 0.15) is 22.9 Å². The highest BCUT2D eigenvalue weighted by molar-refractivity contribution is 5.83. The molecule has 0 atom stereocenters. The third kappa shape index (κ3) is 5.31. The van der Waals surface area contributed by atoms with Crippen LogP contribution in [-0.4, -0.2) is 48.7 Å². The van der Waals surface area contributed by atoms with Crippen molar-refractivity contribution >= 4 is 22.8 Å². The Kier molecular flexibility index (Phi) is 6.76. The smallest absolute Gasteiger partial charge is 0.326 e. The van der Waals surface area contributed by atoms with Crippen molar-refractivity contribution in [3.8, 4) is 11.3 Å². The van der Waals surface area contributed by atoms with E-state index in [2.05, 4.69) is 25.3 Å². The predicted octanol–water partition coefficient (Wildman–Crippen LogP) is 6.11. The van der Waals surface area contributed by atoms with Crippen LogP contribution in [0.5, 0.6) is 0 Å². The Balaban J connectivity index is 1.39. The number of fused-ring (bicyclic) bond motifs is 2. The predicted molar refractivity (Wildman–Crippen MR) is 133 cm³/mol. The van der Waals surface area contributed by atoms with Gasteiger partial charge in [-0.1, -0.05) is 6.07 Å². The molecule has 7 nitrogen and oxygen atoms in total. The number of aromatic nitrogens is 5. The molecule has 38 heavy (non-hydrogen) atoms. The summed E-state index contributed by atoms with van der Waals surface area (Å²) in [4.78, 5) is 18.9. The minimum atomic E-state index is -4.19. The van der Waals surface area contributed by atoms with Crippen LogP contribution in [0.1, 0.15) is 43.4 Å². The summed E-state index contributed by atoms with van der Waals surface area (Å²) < 4.78 is 69.3. The maximum atomic E-state index is 14.9. The minimum absolute atomic E-state index is 0.0222. The molecule has 1 aliphatic rings. The van der Waals surface area contributed by atoms with Gasteiger partial charge in [-0.25, -0.2) is 28.7 Å². The molecule has 1 N–H and O–H groups in total. The molecule has 4 heterocycles. The first-order valence-corrected chi connectivity index (χ1v) is 12.2. The second-order valence-corrected chi connectivity index (χ2v) is 9.66. The fraction of sp³-hybridized carbons (Fsp3) is 0.385. The van der Waals surface area contributed by atoms with Crippen molar-refractivity contribution in [3.05, 3.63) is 59.2 Å². The van der Waals surface area contributed by atoms with Gasteiger partial charge in [-0.15, -0.1) is 0 Å². The van der Waals surface area contributed by atoms with Gasteiger partial charge in [0, 0.05) is 43.4 Å². The van der Waals surface area contributed by atoms with E-state index in [1.165, 1.54) is 6.07 Å². The topological polar surface area (TPSA) is 71.8 Å². The molecule has 0 bridgehead atoms. The lowest BCUT2D eigenvalue weighted by atomic mass is 10.1. The molecule has 0 unspecified atom stereocenters. The SMILES string of the molecule is Cc1nc2c(F)cc(-c3nc(Nc4ccc5c(n4)CCN(CCC(F)(F)F)C5)ncc3F)cc2n1C(C)C. The second kappa shape index (κ2) is 9.90. The number of imidazole rings is 1. The van der Waals surface area contributed by atoms with Crippen LogP contribution in [0.25, 0.3) is 22.3 Å². The number of hydrogen-bond acceptors (Lipinski definition) is 6. The summed E-state index contributed by atoms with van der Waals surface area (Å²) in [6.07, 6.45) is -3.53. The number of aryl methyl sites for hydroxylation is 1. The molecule has 0 spiro atoms. The summed E-state index contributed by atoms with van der Waals surface area (Å²) in [5, 5.41) is 2.96. The van der Waals surface area contributed by atoms with E-state index in [1.807, 2.05) is 18.4 Å². The highest BCUT2D eigenvalue weighted by Gasteiger charge is 2.29. The molecular formula is C26H26F5N7. The summed E-state index contributed by atoms with van der Waals surface area (Å²) in [6, 6.07) is 6.36. The molecule has 1 aromatic carbocycles. The van der Waals surface area contributed by atoms with Crippen molar-refractivity contribution in [3.63, 3.8) is 0 Å². The maximum Gasteiger partial charge on any atom is 0.390 e. The maximum absolute atomic E-state index is 14.9. The van der Waals surface area contributed by atoms with Crippen LogP contribution in [-0.2, 0) is 13.0 Å². The Labute approximate surface area is 215 Å². The van der Waals surface area contributed by atoms with Gasteiger partial charge in [-0.2, -0.15) is 13.2 Å². The number of halogens is 5. The van der Waals surface area contributed by atoms with Crippen molar-refractivity contribution in [1.29, 1.82) is 0 Å². The van der Waals surface area contributed by atoms with E-state index in [0.29, 0.717) is 36.7 Å². The molecule has 4 aromatic rings. The quantitative estimate of drug-likeness (QED) is 0.303. The van der Waals surface area contributed by atoms with Gasteiger partial charge in [0.25, 0.3) is 0 Å². The van der Waals surface area contributed by atoms with Crippen molar-refractivity contribution in [2.75, 3.05) is 18.4 Å². The van der Waals surface area contributed by atoms with E-state index < -0.39 is 24.2 Å². The summed E-state index contributed by atoms with van der Waals surface area (Å²) in [6.45, 7) is 6.50. The number of alkyl halides is 3. The highest BCUT2D eigenvalue weighted by atomic mass is 19.4. The second-order valence-electron chi connectivity index (χ2n) is 9.66.